The van der Waals surface area contributed by atoms with Crippen molar-refractivity contribution in [2.45, 2.75) is 17.4 Å². The van der Waals surface area contributed by atoms with Crippen LogP contribution < -0.4 is 0 Å². The van der Waals surface area contributed by atoms with Crippen LogP contribution in [0.2, 0.25) is 0 Å². The summed E-state index contributed by atoms with van der Waals surface area (Å²) in [6.45, 7) is 0. The Bertz CT molecular complexity index is 511. The van der Waals surface area contributed by atoms with E-state index in [1.807, 2.05) is 60.7 Å². The molecule has 0 saturated carbocycles. The third-order valence-corrected chi connectivity index (χ3v) is 4.10. The normalized spacial score (nSPS) is 12.0. The minimum atomic E-state index is -0.746. The van der Waals surface area contributed by atoms with Crippen LogP contribution in [0.15, 0.2) is 60.7 Å². The molecule has 0 bridgehead atoms. The molecule has 0 radical (unpaired) electrons. The Labute approximate surface area is 117 Å². The summed E-state index contributed by atoms with van der Waals surface area (Å²) in [6.07, 6.45) is 0.563. The molecule has 0 aliphatic rings. The van der Waals surface area contributed by atoms with Gasteiger partial charge in [0.2, 0.25) is 0 Å². The standard InChI is InChI=1S/C16H16O2S/c17-16(18)15(11-13-7-3-1-4-8-13)19-12-14-9-5-2-6-10-14/h1-10,15H,11-12H2,(H,17,18). The monoisotopic (exact) mass is 272 g/mol. The van der Waals surface area contributed by atoms with Gasteiger partial charge >= 0.3 is 5.97 Å². The molecule has 0 aromatic heterocycles. The van der Waals surface area contributed by atoms with Gasteiger partial charge in [0.25, 0.3) is 0 Å². The van der Waals surface area contributed by atoms with Gasteiger partial charge in [-0.25, -0.2) is 0 Å². The van der Waals surface area contributed by atoms with E-state index in [4.69, 9.17) is 0 Å². The summed E-state index contributed by atoms with van der Waals surface area (Å²) in [7, 11) is 0. The maximum atomic E-state index is 11.3. The Balaban J connectivity index is 1.95. The van der Waals surface area contributed by atoms with E-state index in [2.05, 4.69) is 0 Å². The summed E-state index contributed by atoms with van der Waals surface area (Å²) in [5.74, 6) is -0.0187. The van der Waals surface area contributed by atoms with Crippen LogP contribution in [0.3, 0.4) is 0 Å². The lowest BCUT2D eigenvalue weighted by atomic mass is 10.1. The number of hydrogen-bond acceptors (Lipinski definition) is 2. The van der Waals surface area contributed by atoms with Crippen molar-refractivity contribution in [2.75, 3.05) is 0 Å². The van der Waals surface area contributed by atoms with Crippen LogP contribution >= 0.6 is 11.8 Å². The zero-order chi connectivity index (χ0) is 13.5. The number of benzene rings is 2. The van der Waals surface area contributed by atoms with E-state index in [0.717, 1.165) is 16.9 Å². The van der Waals surface area contributed by atoms with E-state index in [9.17, 15) is 9.90 Å². The number of thioether (sulfide) groups is 1. The third kappa shape index (κ3) is 4.45. The predicted molar refractivity (Wildman–Crippen MR) is 79.3 cm³/mol. The van der Waals surface area contributed by atoms with Gasteiger partial charge in [0.15, 0.2) is 0 Å². The van der Waals surface area contributed by atoms with E-state index >= 15 is 0 Å². The molecular formula is C16H16O2S. The topological polar surface area (TPSA) is 37.3 Å². The first kappa shape index (κ1) is 13.7. The highest BCUT2D eigenvalue weighted by molar-refractivity contribution is 7.99. The molecule has 0 saturated heterocycles. The molecule has 98 valence electrons. The lowest BCUT2D eigenvalue weighted by Crippen LogP contribution is -2.19. The van der Waals surface area contributed by atoms with Gasteiger partial charge in [-0.1, -0.05) is 60.7 Å². The molecule has 0 fully saturated rings. The second-order valence-electron chi connectivity index (χ2n) is 4.31. The first-order valence-corrected chi connectivity index (χ1v) is 7.23. The molecule has 2 nitrogen and oxygen atoms in total. The molecule has 19 heavy (non-hydrogen) atoms. The fourth-order valence-corrected chi connectivity index (χ4v) is 2.86. The summed E-state index contributed by atoms with van der Waals surface area (Å²) in [5, 5.41) is 8.89. The van der Waals surface area contributed by atoms with Crippen LogP contribution in [0, 0.1) is 0 Å². The van der Waals surface area contributed by atoms with Gasteiger partial charge in [0, 0.05) is 5.75 Å². The molecule has 0 aliphatic heterocycles. The quantitative estimate of drug-likeness (QED) is 0.872. The lowest BCUT2D eigenvalue weighted by molar-refractivity contribution is -0.136. The molecule has 0 heterocycles. The molecule has 0 spiro atoms. The van der Waals surface area contributed by atoms with E-state index in [1.165, 1.54) is 11.8 Å². The van der Waals surface area contributed by atoms with Crippen molar-refractivity contribution in [3.63, 3.8) is 0 Å². The van der Waals surface area contributed by atoms with Gasteiger partial charge in [-0.05, 0) is 17.5 Å². The van der Waals surface area contributed by atoms with Crippen molar-refractivity contribution in [3.05, 3.63) is 71.8 Å². The first-order chi connectivity index (χ1) is 9.25. The van der Waals surface area contributed by atoms with Crippen molar-refractivity contribution in [3.8, 4) is 0 Å². The summed E-state index contributed by atoms with van der Waals surface area (Å²) in [6, 6.07) is 19.7. The maximum absolute atomic E-state index is 11.3. The number of carbonyl (C=O) groups is 1. The molecule has 0 aliphatic carbocycles. The van der Waals surface area contributed by atoms with Crippen LogP contribution in [-0.2, 0) is 17.0 Å². The van der Waals surface area contributed by atoms with Crippen LogP contribution in [-0.4, -0.2) is 16.3 Å². The average Bonchev–Trinajstić information content (AvgIpc) is 2.45. The van der Waals surface area contributed by atoms with Gasteiger partial charge in [-0.2, -0.15) is 0 Å². The molecule has 1 atom stereocenters. The van der Waals surface area contributed by atoms with Crippen molar-refractivity contribution in [2.24, 2.45) is 0 Å². The Kier molecular flexibility index (Phi) is 5.04. The molecule has 2 aromatic carbocycles. The van der Waals surface area contributed by atoms with Gasteiger partial charge in [0.05, 0.1) is 0 Å². The average molecular weight is 272 g/mol. The van der Waals surface area contributed by atoms with Gasteiger partial charge in [0.1, 0.15) is 5.25 Å². The third-order valence-electron chi connectivity index (χ3n) is 2.83. The largest absolute Gasteiger partial charge is 0.480 e. The highest BCUT2D eigenvalue weighted by atomic mass is 32.2. The number of carboxylic acid groups (broad SMARTS) is 1. The van der Waals surface area contributed by atoms with Crippen LogP contribution in [0.25, 0.3) is 0 Å². The zero-order valence-corrected chi connectivity index (χ0v) is 11.3. The fourth-order valence-electron chi connectivity index (χ4n) is 1.82. The van der Waals surface area contributed by atoms with E-state index in [-0.39, 0.29) is 0 Å². The number of aliphatic carboxylic acids is 1. The molecule has 2 aromatic rings. The highest BCUT2D eigenvalue weighted by Crippen LogP contribution is 2.21. The van der Waals surface area contributed by atoms with E-state index < -0.39 is 11.2 Å². The Morgan fingerprint density at radius 1 is 0.947 bits per heavy atom. The summed E-state index contributed by atoms with van der Waals surface area (Å²) in [5.41, 5.74) is 2.22. The van der Waals surface area contributed by atoms with Crippen LogP contribution in [0.4, 0.5) is 0 Å². The van der Waals surface area contributed by atoms with Crippen LogP contribution in [0.1, 0.15) is 11.1 Å². The van der Waals surface area contributed by atoms with E-state index in [0.29, 0.717) is 6.42 Å². The Morgan fingerprint density at radius 3 is 2.00 bits per heavy atom. The Morgan fingerprint density at radius 2 is 1.47 bits per heavy atom. The van der Waals surface area contributed by atoms with Gasteiger partial charge < -0.3 is 5.11 Å². The minimum Gasteiger partial charge on any atom is -0.480 e. The Hall–Kier alpha value is -1.74. The van der Waals surface area contributed by atoms with Gasteiger partial charge in [-0.15, -0.1) is 11.8 Å². The number of rotatable bonds is 6. The van der Waals surface area contributed by atoms with Gasteiger partial charge in [-0.3, -0.25) is 4.79 Å². The van der Waals surface area contributed by atoms with Crippen molar-refractivity contribution < 1.29 is 9.90 Å². The predicted octanol–water partition coefficient (Wildman–Crippen LogP) is 3.62. The molecular weight excluding hydrogens is 256 g/mol. The fraction of sp³-hybridized carbons (Fsp3) is 0.188. The zero-order valence-electron chi connectivity index (χ0n) is 10.5. The summed E-state index contributed by atoms with van der Waals surface area (Å²) in [4.78, 5) is 11.3. The smallest absolute Gasteiger partial charge is 0.316 e. The lowest BCUT2D eigenvalue weighted by Gasteiger charge is -2.12. The second kappa shape index (κ2) is 7.00. The van der Waals surface area contributed by atoms with Crippen molar-refractivity contribution >= 4 is 17.7 Å². The molecule has 1 unspecified atom stereocenters. The van der Waals surface area contributed by atoms with Crippen LogP contribution in [0.5, 0.6) is 0 Å². The maximum Gasteiger partial charge on any atom is 0.316 e. The SMILES string of the molecule is O=C(O)C(Cc1ccccc1)SCc1ccccc1. The van der Waals surface area contributed by atoms with E-state index in [1.54, 1.807) is 0 Å². The molecule has 3 heteroatoms. The molecule has 0 amide bonds. The molecule has 2 rings (SSSR count). The first-order valence-electron chi connectivity index (χ1n) is 6.18. The number of carboxylic acids is 1. The van der Waals surface area contributed by atoms with Crippen molar-refractivity contribution in [1.29, 1.82) is 0 Å². The van der Waals surface area contributed by atoms with Crippen molar-refractivity contribution in [1.82, 2.24) is 0 Å². The highest BCUT2D eigenvalue weighted by Gasteiger charge is 2.18. The second-order valence-corrected chi connectivity index (χ2v) is 5.50. The number of hydrogen-bond donors (Lipinski definition) is 1. The minimum absolute atomic E-state index is 0.400. The summed E-state index contributed by atoms with van der Waals surface area (Å²) >= 11 is 1.48. The summed E-state index contributed by atoms with van der Waals surface area (Å²) < 4.78 is 0. The molecule has 1 N–H and O–H groups in total.